The molecule has 1 atom stereocenters. The van der Waals surface area contributed by atoms with Crippen LogP contribution < -0.4 is 5.32 Å². The van der Waals surface area contributed by atoms with Gasteiger partial charge in [0.1, 0.15) is 5.82 Å². The van der Waals surface area contributed by atoms with Crippen LogP contribution in [-0.4, -0.2) is 24.2 Å². The quantitative estimate of drug-likeness (QED) is 0.932. The van der Waals surface area contributed by atoms with Gasteiger partial charge in [-0.15, -0.1) is 0 Å². The van der Waals surface area contributed by atoms with Gasteiger partial charge in [-0.2, -0.15) is 5.26 Å². The summed E-state index contributed by atoms with van der Waals surface area (Å²) in [4.78, 5) is 4.56. The number of fused-ring (bicyclic) bond motifs is 1. The molecule has 21 heavy (non-hydrogen) atoms. The van der Waals surface area contributed by atoms with Crippen molar-refractivity contribution >= 4 is 16.7 Å². The largest absolute Gasteiger partial charge is 0.378 e. The standard InChI is InChI=1S/C17H19N3O/c18-12-13-11-17(20-16-7-2-1-6-15(13)16)19-9-8-14-5-3-4-10-21-14/h1-2,6-7,11,14H,3-5,8-10H2,(H,19,20). The second-order valence-electron chi connectivity index (χ2n) is 5.39. The minimum absolute atomic E-state index is 0.363. The van der Waals surface area contributed by atoms with Gasteiger partial charge >= 0.3 is 0 Å². The van der Waals surface area contributed by atoms with E-state index in [0.29, 0.717) is 11.7 Å². The van der Waals surface area contributed by atoms with Gasteiger partial charge in [-0.05, 0) is 37.8 Å². The molecule has 0 spiro atoms. The summed E-state index contributed by atoms with van der Waals surface area (Å²) in [6.07, 6.45) is 4.94. The van der Waals surface area contributed by atoms with Gasteiger partial charge in [-0.1, -0.05) is 18.2 Å². The summed E-state index contributed by atoms with van der Waals surface area (Å²) >= 11 is 0. The first-order chi connectivity index (χ1) is 10.4. The average Bonchev–Trinajstić information content (AvgIpc) is 2.55. The summed E-state index contributed by atoms with van der Waals surface area (Å²) in [5.74, 6) is 0.765. The Morgan fingerprint density at radius 2 is 2.24 bits per heavy atom. The number of benzene rings is 1. The van der Waals surface area contributed by atoms with E-state index in [1.807, 2.05) is 30.3 Å². The Balaban J connectivity index is 1.68. The van der Waals surface area contributed by atoms with Crippen LogP contribution in [0.5, 0.6) is 0 Å². The highest BCUT2D eigenvalue weighted by molar-refractivity contribution is 5.86. The normalized spacial score (nSPS) is 18.3. The summed E-state index contributed by atoms with van der Waals surface area (Å²) in [7, 11) is 0. The van der Waals surface area contributed by atoms with Crippen LogP contribution >= 0.6 is 0 Å². The van der Waals surface area contributed by atoms with Crippen molar-refractivity contribution in [1.82, 2.24) is 4.98 Å². The molecular weight excluding hydrogens is 262 g/mol. The van der Waals surface area contributed by atoms with Gasteiger partial charge < -0.3 is 10.1 Å². The Kier molecular flexibility index (Phi) is 4.32. The number of nitrogens with one attached hydrogen (secondary N) is 1. The molecule has 1 aliphatic heterocycles. The summed E-state index contributed by atoms with van der Waals surface area (Å²) in [6.45, 7) is 1.71. The Bertz CT molecular complexity index is 657. The molecule has 2 aromatic rings. The molecule has 1 fully saturated rings. The molecule has 0 amide bonds. The molecule has 1 unspecified atom stereocenters. The van der Waals surface area contributed by atoms with Crippen molar-refractivity contribution in [2.24, 2.45) is 0 Å². The smallest absolute Gasteiger partial charge is 0.127 e. The lowest BCUT2D eigenvalue weighted by molar-refractivity contribution is 0.0134. The number of rotatable bonds is 4. The Morgan fingerprint density at radius 1 is 1.33 bits per heavy atom. The lowest BCUT2D eigenvalue weighted by atomic mass is 10.1. The number of aromatic nitrogens is 1. The molecule has 1 aromatic carbocycles. The number of ether oxygens (including phenoxy) is 1. The predicted octanol–water partition coefficient (Wildman–Crippen LogP) is 3.48. The number of hydrogen-bond donors (Lipinski definition) is 1. The molecule has 4 nitrogen and oxygen atoms in total. The average molecular weight is 281 g/mol. The van der Waals surface area contributed by atoms with E-state index in [1.165, 1.54) is 12.8 Å². The van der Waals surface area contributed by atoms with Crippen LogP contribution in [0, 0.1) is 11.3 Å². The second-order valence-corrected chi connectivity index (χ2v) is 5.39. The van der Waals surface area contributed by atoms with Crippen molar-refractivity contribution in [3.63, 3.8) is 0 Å². The van der Waals surface area contributed by atoms with Crippen molar-refractivity contribution < 1.29 is 4.74 Å². The number of nitriles is 1. The van der Waals surface area contributed by atoms with E-state index in [-0.39, 0.29) is 0 Å². The van der Waals surface area contributed by atoms with Crippen LogP contribution in [0.2, 0.25) is 0 Å². The fraction of sp³-hybridized carbons (Fsp3) is 0.412. The predicted molar refractivity (Wildman–Crippen MR) is 83.2 cm³/mol. The van der Waals surface area contributed by atoms with Gasteiger partial charge in [0.05, 0.1) is 23.3 Å². The molecule has 108 valence electrons. The van der Waals surface area contributed by atoms with Gasteiger partial charge in [0.25, 0.3) is 0 Å². The molecule has 1 aromatic heterocycles. The SMILES string of the molecule is N#Cc1cc(NCCC2CCCCO2)nc2ccccc12. The maximum Gasteiger partial charge on any atom is 0.127 e. The first-order valence-electron chi connectivity index (χ1n) is 7.52. The molecule has 0 radical (unpaired) electrons. The summed E-state index contributed by atoms with van der Waals surface area (Å²) < 4.78 is 5.72. The van der Waals surface area contributed by atoms with Crippen molar-refractivity contribution in [3.8, 4) is 6.07 Å². The molecule has 3 rings (SSSR count). The fourth-order valence-electron chi connectivity index (χ4n) is 2.75. The molecule has 0 aliphatic carbocycles. The van der Waals surface area contributed by atoms with E-state index in [1.54, 1.807) is 0 Å². The Hall–Kier alpha value is -2.12. The highest BCUT2D eigenvalue weighted by Crippen LogP contribution is 2.20. The lowest BCUT2D eigenvalue weighted by Gasteiger charge is -2.22. The highest BCUT2D eigenvalue weighted by atomic mass is 16.5. The maximum absolute atomic E-state index is 9.26. The number of anilines is 1. The monoisotopic (exact) mass is 281 g/mol. The summed E-state index contributed by atoms with van der Waals surface area (Å²) in [6, 6.07) is 11.8. The van der Waals surface area contributed by atoms with E-state index < -0.39 is 0 Å². The number of nitrogens with zero attached hydrogens (tertiary/aromatic N) is 2. The van der Waals surface area contributed by atoms with E-state index in [4.69, 9.17) is 4.74 Å². The molecule has 2 heterocycles. The third kappa shape index (κ3) is 3.32. The van der Waals surface area contributed by atoms with E-state index in [2.05, 4.69) is 16.4 Å². The van der Waals surface area contributed by atoms with Crippen molar-refractivity contribution in [2.45, 2.75) is 31.8 Å². The minimum Gasteiger partial charge on any atom is -0.378 e. The molecule has 0 bridgehead atoms. The van der Waals surface area contributed by atoms with Crippen LogP contribution in [0.25, 0.3) is 10.9 Å². The first kappa shape index (κ1) is 13.8. The van der Waals surface area contributed by atoms with Crippen molar-refractivity contribution in [1.29, 1.82) is 5.26 Å². The molecule has 1 N–H and O–H groups in total. The van der Waals surface area contributed by atoms with E-state index in [0.717, 1.165) is 42.7 Å². The van der Waals surface area contributed by atoms with Crippen LogP contribution in [0.4, 0.5) is 5.82 Å². The molecule has 0 saturated carbocycles. The molecule has 4 heteroatoms. The molecule has 1 aliphatic rings. The van der Waals surface area contributed by atoms with Gasteiger partial charge in [0.15, 0.2) is 0 Å². The zero-order valence-electron chi connectivity index (χ0n) is 12.0. The summed E-state index contributed by atoms with van der Waals surface area (Å²) in [5.41, 5.74) is 1.52. The van der Waals surface area contributed by atoms with E-state index in [9.17, 15) is 5.26 Å². The Morgan fingerprint density at radius 3 is 3.05 bits per heavy atom. The Labute approximate surface area is 124 Å². The van der Waals surface area contributed by atoms with Crippen molar-refractivity contribution in [3.05, 3.63) is 35.9 Å². The van der Waals surface area contributed by atoms with Gasteiger partial charge in [-0.3, -0.25) is 0 Å². The first-order valence-corrected chi connectivity index (χ1v) is 7.52. The fourth-order valence-corrected chi connectivity index (χ4v) is 2.75. The van der Waals surface area contributed by atoms with Gasteiger partial charge in [-0.25, -0.2) is 4.98 Å². The lowest BCUT2D eigenvalue weighted by Crippen LogP contribution is -2.22. The van der Waals surface area contributed by atoms with Crippen LogP contribution in [-0.2, 0) is 4.74 Å². The maximum atomic E-state index is 9.26. The number of para-hydroxylation sites is 1. The molecular formula is C17H19N3O. The third-order valence-corrected chi connectivity index (χ3v) is 3.88. The summed E-state index contributed by atoms with van der Waals surface area (Å²) in [5, 5.41) is 13.5. The zero-order chi connectivity index (χ0) is 14.5. The number of pyridine rings is 1. The second kappa shape index (κ2) is 6.55. The zero-order valence-corrected chi connectivity index (χ0v) is 12.0. The third-order valence-electron chi connectivity index (χ3n) is 3.88. The minimum atomic E-state index is 0.363. The van der Waals surface area contributed by atoms with E-state index >= 15 is 0 Å². The van der Waals surface area contributed by atoms with Crippen LogP contribution in [0.1, 0.15) is 31.2 Å². The topological polar surface area (TPSA) is 57.9 Å². The highest BCUT2D eigenvalue weighted by Gasteiger charge is 2.13. The van der Waals surface area contributed by atoms with Gasteiger partial charge in [0, 0.05) is 18.5 Å². The van der Waals surface area contributed by atoms with Crippen LogP contribution in [0.3, 0.4) is 0 Å². The van der Waals surface area contributed by atoms with Crippen LogP contribution in [0.15, 0.2) is 30.3 Å². The van der Waals surface area contributed by atoms with Crippen molar-refractivity contribution in [2.75, 3.05) is 18.5 Å². The van der Waals surface area contributed by atoms with Gasteiger partial charge in [0.2, 0.25) is 0 Å². The number of hydrogen-bond acceptors (Lipinski definition) is 4. The molecule has 1 saturated heterocycles.